The fourth-order valence-electron chi connectivity index (χ4n) is 3.00. The zero-order valence-electron chi connectivity index (χ0n) is 17.1. The monoisotopic (exact) mass is 427 g/mol. The van der Waals surface area contributed by atoms with Crippen molar-refractivity contribution in [1.82, 2.24) is 9.88 Å². The number of benzene rings is 2. The second kappa shape index (κ2) is 10.0. The molecule has 4 nitrogen and oxygen atoms in total. The predicted molar refractivity (Wildman–Crippen MR) is 125 cm³/mol. The first kappa shape index (κ1) is 21.5. The minimum atomic E-state index is -0.0848. The Morgan fingerprint density at radius 1 is 1.17 bits per heavy atom. The summed E-state index contributed by atoms with van der Waals surface area (Å²) in [7, 11) is 4.07. The summed E-state index contributed by atoms with van der Waals surface area (Å²) in [6.45, 7) is 3.66. The molecule has 0 fully saturated rings. The molecule has 0 atom stereocenters. The normalized spacial score (nSPS) is 11.6. The molecule has 0 aliphatic heterocycles. The number of amides is 1. The number of rotatable bonds is 8. The summed E-state index contributed by atoms with van der Waals surface area (Å²) in [6, 6.07) is 13.8. The second-order valence-corrected chi connectivity index (χ2v) is 8.57. The number of aromatic nitrogens is 1. The van der Waals surface area contributed by atoms with Crippen LogP contribution < -0.4 is 4.90 Å². The molecule has 0 spiro atoms. The number of halogens is 1. The topological polar surface area (TPSA) is 36.4 Å². The van der Waals surface area contributed by atoms with Gasteiger partial charge in [-0.2, -0.15) is 0 Å². The van der Waals surface area contributed by atoms with Gasteiger partial charge in [-0.05, 0) is 68.9 Å². The van der Waals surface area contributed by atoms with E-state index in [9.17, 15) is 4.79 Å². The van der Waals surface area contributed by atoms with Gasteiger partial charge in [-0.25, -0.2) is 4.98 Å². The number of hydrogen-bond donors (Lipinski definition) is 0. The predicted octanol–water partition coefficient (Wildman–Crippen LogP) is 5.51. The molecule has 152 valence electrons. The van der Waals surface area contributed by atoms with E-state index in [1.54, 1.807) is 28.4 Å². The number of hydrogen-bond acceptors (Lipinski definition) is 4. The molecule has 0 N–H and O–H groups in total. The van der Waals surface area contributed by atoms with Gasteiger partial charge in [0.1, 0.15) is 0 Å². The number of nitrogens with zero attached hydrogens (tertiary/aromatic N) is 3. The molecule has 0 saturated carbocycles. The van der Waals surface area contributed by atoms with E-state index in [0.717, 1.165) is 40.3 Å². The maximum Gasteiger partial charge on any atom is 0.252 e. The molecule has 0 saturated heterocycles. The highest BCUT2D eigenvalue weighted by molar-refractivity contribution is 7.22. The molecule has 1 aromatic heterocycles. The number of fused-ring (bicyclic) bond motifs is 1. The van der Waals surface area contributed by atoms with Crippen molar-refractivity contribution >= 4 is 50.3 Å². The quantitative estimate of drug-likeness (QED) is 0.444. The van der Waals surface area contributed by atoms with E-state index in [0.29, 0.717) is 11.6 Å². The third-order valence-electron chi connectivity index (χ3n) is 4.64. The van der Waals surface area contributed by atoms with Crippen LogP contribution in [0.5, 0.6) is 0 Å². The van der Waals surface area contributed by atoms with Crippen molar-refractivity contribution in [3.8, 4) is 0 Å². The Hall–Kier alpha value is -2.21. The molecule has 1 heterocycles. The van der Waals surface area contributed by atoms with Crippen LogP contribution in [-0.4, -0.2) is 43.0 Å². The summed E-state index contributed by atoms with van der Waals surface area (Å²) >= 11 is 7.78. The summed E-state index contributed by atoms with van der Waals surface area (Å²) in [6.07, 6.45) is 5.20. The molecule has 3 aromatic rings. The van der Waals surface area contributed by atoms with Crippen molar-refractivity contribution in [2.45, 2.75) is 19.8 Å². The van der Waals surface area contributed by atoms with E-state index < -0.39 is 0 Å². The van der Waals surface area contributed by atoms with Crippen molar-refractivity contribution < 1.29 is 4.79 Å². The molecule has 29 heavy (non-hydrogen) atoms. The van der Waals surface area contributed by atoms with Gasteiger partial charge < -0.3 is 4.90 Å². The van der Waals surface area contributed by atoms with Crippen LogP contribution in [0, 0.1) is 0 Å². The molecular weight excluding hydrogens is 402 g/mol. The molecule has 1 amide bonds. The van der Waals surface area contributed by atoms with Crippen LogP contribution in [0.4, 0.5) is 5.13 Å². The van der Waals surface area contributed by atoms with Gasteiger partial charge in [0, 0.05) is 17.6 Å². The molecule has 2 aromatic carbocycles. The number of carbonyl (C=O) groups is 1. The molecule has 3 rings (SSSR count). The van der Waals surface area contributed by atoms with Gasteiger partial charge in [0.15, 0.2) is 5.13 Å². The second-order valence-electron chi connectivity index (χ2n) is 7.15. The van der Waals surface area contributed by atoms with Crippen molar-refractivity contribution in [3.63, 3.8) is 0 Å². The third kappa shape index (κ3) is 5.66. The number of thiazole rings is 1. The summed E-state index contributed by atoms with van der Waals surface area (Å²) in [5.74, 6) is -0.0848. The number of aryl methyl sites for hydroxylation is 1. The zero-order valence-corrected chi connectivity index (χ0v) is 18.6. The Kier molecular flexibility index (Phi) is 7.42. The highest BCUT2D eigenvalue weighted by atomic mass is 35.5. The van der Waals surface area contributed by atoms with Crippen LogP contribution in [0.25, 0.3) is 16.3 Å². The van der Waals surface area contributed by atoms with Crippen molar-refractivity contribution in [2.75, 3.05) is 32.1 Å². The van der Waals surface area contributed by atoms with Gasteiger partial charge in [-0.3, -0.25) is 9.69 Å². The van der Waals surface area contributed by atoms with E-state index in [2.05, 4.69) is 24.0 Å². The van der Waals surface area contributed by atoms with E-state index in [-0.39, 0.29) is 5.91 Å². The minimum Gasteiger partial charge on any atom is -0.309 e. The van der Waals surface area contributed by atoms with E-state index in [1.165, 1.54) is 5.56 Å². The smallest absolute Gasteiger partial charge is 0.252 e. The fraction of sp³-hybridized carbons (Fsp3) is 0.304. The Labute approximate surface area is 181 Å². The molecule has 0 aliphatic rings. The lowest BCUT2D eigenvalue weighted by Gasteiger charge is -2.19. The first-order chi connectivity index (χ1) is 14.0. The van der Waals surface area contributed by atoms with Gasteiger partial charge in [-0.1, -0.05) is 54.1 Å². The maximum atomic E-state index is 13.1. The van der Waals surface area contributed by atoms with Gasteiger partial charge in [0.05, 0.1) is 10.2 Å². The fourth-order valence-corrected chi connectivity index (χ4v) is 4.26. The minimum absolute atomic E-state index is 0.0848. The molecule has 6 heteroatoms. The lowest BCUT2D eigenvalue weighted by molar-refractivity contribution is -0.114. The molecule has 0 radical (unpaired) electrons. The largest absolute Gasteiger partial charge is 0.309 e. The Morgan fingerprint density at radius 3 is 2.69 bits per heavy atom. The van der Waals surface area contributed by atoms with Gasteiger partial charge in [0.2, 0.25) is 0 Å². The number of carbonyl (C=O) groups excluding carboxylic acids is 1. The number of anilines is 1. The first-order valence-electron chi connectivity index (χ1n) is 9.76. The van der Waals surface area contributed by atoms with Crippen LogP contribution in [-0.2, 0) is 11.2 Å². The summed E-state index contributed by atoms with van der Waals surface area (Å²) in [5.41, 5.74) is 3.03. The molecule has 0 unspecified atom stereocenters. The molecule has 0 aliphatic carbocycles. The van der Waals surface area contributed by atoms with Crippen LogP contribution in [0.1, 0.15) is 24.5 Å². The van der Waals surface area contributed by atoms with Crippen LogP contribution in [0.2, 0.25) is 5.02 Å². The molecular formula is C23H26ClN3OS. The Balaban J connectivity index is 1.87. The van der Waals surface area contributed by atoms with Crippen molar-refractivity contribution in [1.29, 1.82) is 0 Å². The first-order valence-corrected chi connectivity index (χ1v) is 11.0. The lowest BCUT2D eigenvalue weighted by atomic mass is 10.2. The van der Waals surface area contributed by atoms with Gasteiger partial charge in [-0.15, -0.1) is 0 Å². The van der Waals surface area contributed by atoms with E-state index in [4.69, 9.17) is 16.6 Å². The van der Waals surface area contributed by atoms with Crippen LogP contribution >= 0.6 is 22.9 Å². The lowest BCUT2D eigenvalue weighted by Crippen LogP contribution is -2.32. The summed E-state index contributed by atoms with van der Waals surface area (Å²) in [5, 5.41) is 1.36. The van der Waals surface area contributed by atoms with Crippen molar-refractivity contribution in [3.05, 3.63) is 64.7 Å². The average Bonchev–Trinajstić information content (AvgIpc) is 3.12. The summed E-state index contributed by atoms with van der Waals surface area (Å²) in [4.78, 5) is 21.7. The maximum absolute atomic E-state index is 13.1. The van der Waals surface area contributed by atoms with E-state index >= 15 is 0 Å². The molecule has 0 bridgehead atoms. The van der Waals surface area contributed by atoms with Crippen molar-refractivity contribution in [2.24, 2.45) is 0 Å². The third-order valence-corrected chi connectivity index (χ3v) is 6.03. The standard InChI is InChI=1S/C23H26ClN3OS/c1-4-17-10-12-20-21(16-17)29-23(25-20)27(15-7-14-26(2)3)22(28)13-11-18-8-5-6-9-19(18)24/h5-6,8-13,16H,4,7,14-15H2,1-3H3/b13-11+. The van der Waals surface area contributed by atoms with Gasteiger partial charge in [0.25, 0.3) is 5.91 Å². The zero-order chi connectivity index (χ0) is 20.8. The highest BCUT2D eigenvalue weighted by Gasteiger charge is 2.18. The summed E-state index contributed by atoms with van der Waals surface area (Å²) < 4.78 is 1.11. The van der Waals surface area contributed by atoms with Crippen LogP contribution in [0.3, 0.4) is 0 Å². The highest BCUT2D eigenvalue weighted by Crippen LogP contribution is 2.30. The van der Waals surface area contributed by atoms with E-state index in [1.807, 2.05) is 44.4 Å². The average molecular weight is 428 g/mol. The van der Waals surface area contributed by atoms with Gasteiger partial charge >= 0.3 is 0 Å². The Morgan fingerprint density at radius 2 is 1.97 bits per heavy atom. The SMILES string of the molecule is CCc1ccc2nc(N(CCCN(C)C)C(=O)/C=C/c3ccccc3Cl)sc2c1. The van der Waals surface area contributed by atoms with Crippen LogP contribution in [0.15, 0.2) is 48.5 Å². The Bertz CT molecular complexity index is 1010.